The van der Waals surface area contributed by atoms with Crippen LogP contribution in [-0.4, -0.2) is 46.2 Å². The fraction of sp³-hybridized carbons (Fsp3) is 0.867. The minimum Gasteiger partial charge on any atom is -0.381 e. The Labute approximate surface area is 126 Å². The Bertz CT molecular complexity index is 449. The van der Waals surface area contributed by atoms with Crippen LogP contribution in [-0.2, 0) is 16.0 Å². The van der Waals surface area contributed by atoms with Crippen LogP contribution >= 0.6 is 0 Å². The number of nitrogens with one attached hydrogen (secondary N) is 1. The van der Waals surface area contributed by atoms with Crippen LogP contribution in [0.2, 0.25) is 0 Å². The van der Waals surface area contributed by atoms with Gasteiger partial charge < -0.3 is 14.8 Å². The number of aromatic nitrogens is 3. The maximum absolute atomic E-state index is 6.12. The topological polar surface area (TPSA) is 61.2 Å². The highest BCUT2D eigenvalue weighted by molar-refractivity contribution is 4.95. The number of hydrogen-bond donors (Lipinski definition) is 1. The summed E-state index contributed by atoms with van der Waals surface area (Å²) in [7, 11) is 0. The summed E-state index contributed by atoms with van der Waals surface area (Å²) in [6.07, 6.45) is 5.70. The van der Waals surface area contributed by atoms with Gasteiger partial charge >= 0.3 is 0 Å². The van der Waals surface area contributed by atoms with E-state index in [1.807, 2.05) is 0 Å². The quantitative estimate of drug-likeness (QED) is 0.915. The molecule has 2 saturated heterocycles. The minimum atomic E-state index is -0.00410. The van der Waals surface area contributed by atoms with Gasteiger partial charge in [-0.05, 0) is 25.7 Å². The largest absolute Gasteiger partial charge is 0.381 e. The van der Waals surface area contributed by atoms with Gasteiger partial charge in [-0.2, -0.15) is 5.10 Å². The molecule has 0 radical (unpaired) electrons. The van der Waals surface area contributed by atoms with Gasteiger partial charge in [-0.15, -0.1) is 0 Å². The monoisotopic (exact) mass is 294 g/mol. The molecule has 3 heterocycles. The summed E-state index contributed by atoms with van der Waals surface area (Å²) in [6.45, 7) is 7.49. The zero-order valence-corrected chi connectivity index (χ0v) is 13.0. The van der Waals surface area contributed by atoms with Crippen LogP contribution in [0.15, 0.2) is 6.33 Å². The van der Waals surface area contributed by atoms with Gasteiger partial charge in [0.1, 0.15) is 12.2 Å². The van der Waals surface area contributed by atoms with Crippen molar-refractivity contribution in [2.75, 3.05) is 19.8 Å². The lowest BCUT2D eigenvalue weighted by Gasteiger charge is -2.43. The summed E-state index contributed by atoms with van der Waals surface area (Å²) >= 11 is 0. The summed E-state index contributed by atoms with van der Waals surface area (Å²) in [5.74, 6) is 1.03. The molecule has 2 aliphatic heterocycles. The van der Waals surface area contributed by atoms with E-state index in [1.165, 1.54) is 0 Å². The van der Waals surface area contributed by atoms with Crippen LogP contribution < -0.4 is 5.32 Å². The van der Waals surface area contributed by atoms with E-state index in [4.69, 9.17) is 9.47 Å². The van der Waals surface area contributed by atoms with Crippen molar-refractivity contribution in [2.45, 2.75) is 63.8 Å². The molecule has 0 bridgehead atoms. The molecule has 1 aromatic rings. The first-order valence-corrected chi connectivity index (χ1v) is 8.02. The van der Waals surface area contributed by atoms with E-state index in [0.29, 0.717) is 12.1 Å². The molecule has 2 aliphatic rings. The van der Waals surface area contributed by atoms with E-state index in [-0.39, 0.29) is 5.60 Å². The molecule has 0 aromatic carbocycles. The lowest BCUT2D eigenvalue weighted by atomic mass is 9.84. The molecule has 1 spiro atoms. The summed E-state index contributed by atoms with van der Waals surface area (Å²) in [5, 5.41) is 7.90. The average Bonchev–Trinajstić information content (AvgIpc) is 2.94. The number of ether oxygens (including phenoxy) is 2. The second kappa shape index (κ2) is 6.42. The van der Waals surface area contributed by atoms with Crippen molar-refractivity contribution in [2.24, 2.45) is 0 Å². The van der Waals surface area contributed by atoms with E-state index in [1.54, 1.807) is 6.33 Å². The van der Waals surface area contributed by atoms with Crippen LogP contribution in [0.5, 0.6) is 0 Å². The fourth-order valence-corrected chi connectivity index (χ4v) is 3.30. The molecule has 2 fully saturated rings. The van der Waals surface area contributed by atoms with Gasteiger partial charge in [-0.1, -0.05) is 13.8 Å². The van der Waals surface area contributed by atoms with Crippen molar-refractivity contribution >= 4 is 0 Å². The Morgan fingerprint density at radius 3 is 2.95 bits per heavy atom. The minimum absolute atomic E-state index is 0.00410. The molecular formula is C15H26N4O2. The third-order valence-corrected chi connectivity index (χ3v) is 4.53. The van der Waals surface area contributed by atoms with Crippen molar-refractivity contribution in [3.63, 3.8) is 0 Å². The summed E-state index contributed by atoms with van der Waals surface area (Å²) in [4.78, 5) is 4.42. The maximum Gasteiger partial charge on any atom is 0.141 e. The first-order valence-electron chi connectivity index (χ1n) is 8.02. The zero-order chi connectivity index (χ0) is 14.7. The second-order valence-corrected chi connectivity index (χ2v) is 6.45. The zero-order valence-electron chi connectivity index (χ0n) is 13.0. The Morgan fingerprint density at radius 2 is 2.19 bits per heavy atom. The van der Waals surface area contributed by atoms with Gasteiger partial charge in [-0.25, -0.2) is 9.67 Å². The predicted molar refractivity (Wildman–Crippen MR) is 79.0 cm³/mol. The van der Waals surface area contributed by atoms with Gasteiger partial charge in [0.15, 0.2) is 0 Å². The average molecular weight is 294 g/mol. The van der Waals surface area contributed by atoms with Crippen LogP contribution in [0, 0.1) is 0 Å². The second-order valence-electron chi connectivity index (χ2n) is 6.45. The van der Waals surface area contributed by atoms with Crippen LogP contribution in [0.1, 0.15) is 51.4 Å². The van der Waals surface area contributed by atoms with Gasteiger partial charge in [-0.3, -0.25) is 0 Å². The molecule has 118 valence electrons. The number of nitrogens with zero attached hydrogens (tertiary/aromatic N) is 3. The molecule has 6 heteroatoms. The van der Waals surface area contributed by atoms with E-state index in [2.05, 4.69) is 33.9 Å². The van der Waals surface area contributed by atoms with Crippen LogP contribution in [0.4, 0.5) is 0 Å². The molecule has 6 nitrogen and oxygen atoms in total. The van der Waals surface area contributed by atoms with E-state index >= 15 is 0 Å². The number of hydrogen-bond acceptors (Lipinski definition) is 5. The highest BCUT2D eigenvalue weighted by atomic mass is 16.5. The van der Waals surface area contributed by atoms with E-state index < -0.39 is 0 Å². The summed E-state index contributed by atoms with van der Waals surface area (Å²) in [5.41, 5.74) is -0.00410. The smallest absolute Gasteiger partial charge is 0.141 e. The molecular weight excluding hydrogens is 268 g/mol. The molecule has 0 aliphatic carbocycles. The molecule has 1 aromatic heterocycles. The molecule has 3 rings (SSSR count). The Morgan fingerprint density at radius 1 is 1.38 bits per heavy atom. The lowest BCUT2D eigenvalue weighted by molar-refractivity contribution is -0.145. The van der Waals surface area contributed by atoms with Gasteiger partial charge in [0.25, 0.3) is 0 Å². The Hall–Kier alpha value is -0.980. The third-order valence-electron chi connectivity index (χ3n) is 4.53. The van der Waals surface area contributed by atoms with Crippen molar-refractivity contribution in [1.82, 2.24) is 20.1 Å². The van der Waals surface area contributed by atoms with Crippen molar-refractivity contribution in [3.8, 4) is 0 Å². The standard InChI is InChI=1S/C15H26N4O2/c1-12(2)16-10-14-17-11-18-19(14)13-3-6-21-15(9-13)4-7-20-8-5-15/h11-13,16H,3-10H2,1-2H3. The summed E-state index contributed by atoms with van der Waals surface area (Å²) < 4.78 is 13.7. The van der Waals surface area contributed by atoms with E-state index in [0.717, 1.165) is 57.9 Å². The molecule has 1 unspecified atom stereocenters. The summed E-state index contributed by atoms with van der Waals surface area (Å²) in [6, 6.07) is 0.843. The molecule has 1 atom stereocenters. The highest BCUT2D eigenvalue weighted by Gasteiger charge is 2.40. The molecule has 1 N–H and O–H groups in total. The highest BCUT2D eigenvalue weighted by Crippen LogP contribution is 2.39. The Kier molecular flexibility index (Phi) is 4.57. The molecule has 0 amide bonds. The normalized spacial score (nSPS) is 25.6. The van der Waals surface area contributed by atoms with Crippen molar-refractivity contribution in [1.29, 1.82) is 0 Å². The fourth-order valence-electron chi connectivity index (χ4n) is 3.30. The molecule has 21 heavy (non-hydrogen) atoms. The van der Waals surface area contributed by atoms with Crippen LogP contribution in [0.25, 0.3) is 0 Å². The lowest BCUT2D eigenvalue weighted by Crippen LogP contribution is -2.45. The van der Waals surface area contributed by atoms with E-state index in [9.17, 15) is 0 Å². The molecule has 0 saturated carbocycles. The Balaban J connectivity index is 1.70. The van der Waals surface area contributed by atoms with Crippen molar-refractivity contribution in [3.05, 3.63) is 12.2 Å². The van der Waals surface area contributed by atoms with Crippen LogP contribution in [0.3, 0.4) is 0 Å². The number of rotatable bonds is 4. The first kappa shape index (κ1) is 14.9. The maximum atomic E-state index is 6.12. The van der Waals surface area contributed by atoms with Gasteiger partial charge in [0.2, 0.25) is 0 Å². The predicted octanol–water partition coefficient (Wildman–Crippen LogP) is 1.68. The van der Waals surface area contributed by atoms with Gasteiger partial charge in [0.05, 0.1) is 18.2 Å². The van der Waals surface area contributed by atoms with Gasteiger partial charge in [0, 0.05) is 25.9 Å². The third kappa shape index (κ3) is 3.44. The van der Waals surface area contributed by atoms with Crippen molar-refractivity contribution < 1.29 is 9.47 Å². The first-order chi connectivity index (χ1) is 10.2. The SMILES string of the molecule is CC(C)NCc1ncnn1C1CCOC2(CCOCC2)C1.